The van der Waals surface area contributed by atoms with Crippen molar-refractivity contribution < 1.29 is 23.1 Å². The Hall–Kier alpha value is -4.21. The molecule has 4 aromatic rings. The first-order valence-corrected chi connectivity index (χ1v) is 8.98. The number of hydrogen-bond donors (Lipinski definition) is 3. The van der Waals surface area contributed by atoms with Crippen molar-refractivity contribution in [2.24, 2.45) is 0 Å². The van der Waals surface area contributed by atoms with Gasteiger partial charge in [0.2, 0.25) is 0 Å². The van der Waals surface area contributed by atoms with E-state index in [0.29, 0.717) is 33.9 Å². The summed E-state index contributed by atoms with van der Waals surface area (Å²) in [4.78, 5) is 35.5. The SMILES string of the molecule is CCOC(=O)Nc1cnc2nc(-c3cccc(NC(=O)c4ccc(F)o4)c3)[nH]c2c1. The number of pyridine rings is 1. The molecule has 0 spiro atoms. The zero-order chi connectivity index (χ0) is 21.1. The van der Waals surface area contributed by atoms with E-state index in [1.165, 1.54) is 12.3 Å². The summed E-state index contributed by atoms with van der Waals surface area (Å²) in [6, 6.07) is 10.1. The maximum absolute atomic E-state index is 13.0. The van der Waals surface area contributed by atoms with E-state index in [4.69, 9.17) is 4.74 Å². The number of ether oxygens (including phenoxy) is 1. The average molecular weight is 409 g/mol. The van der Waals surface area contributed by atoms with Gasteiger partial charge in [-0.15, -0.1) is 0 Å². The third-order valence-corrected chi connectivity index (χ3v) is 4.05. The molecule has 3 aromatic heterocycles. The van der Waals surface area contributed by atoms with Crippen molar-refractivity contribution >= 4 is 34.5 Å². The lowest BCUT2D eigenvalue weighted by molar-refractivity contribution is 0.0988. The van der Waals surface area contributed by atoms with Crippen LogP contribution in [0.4, 0.5) is 20.6 Å². The van der Waals surface area contributed by atoms with Gasteiger partial charge in [0.1, 0.15) is 5.82 Å². The molecular formula is C20H16FN5O4. The van der Waals surface area contributed by atoms with Gasteiger partial charge < -0.3 is 19.5 Å². The third kappa shape index (κ3) is 4.12. The highest BCUT2D eigenvalue weighted by Gasteiger charge is 2.13. The number of aromatic amines is 1. The number of hydrogen-bond acceptors (Lipinski definition) is 6. The summed E-state index contributed by atoms with van der Waals surface area (Å²) >= 11 is 0. The van der Waals surface area contributed by atoms with E-state index in [9.17, 15) is 14.0 Å². The predicted octanol–water partition coefficient (Wildman–Crippen LogP) is 4.18. The molecule has 3 N–H and O–H groups in total. The molecule has 1 aromatic carbocycles. The van der Waals surface area contributed by atoms with Gasteiger partial charge >= 0.3 is 6.09 Å². The second-order valence-corrected chi connectivity index (χ2v) is 6.16. The summed E-state index contributed by atoms with van der Waals surface area (Å²) in [6.07, 6.45) is 0.904. The zero-order valence-corrected chi connectivity index (χ0v) is 15.7. The van der Waals surface area contributed by atoms with Crippen molar-refractivity contribution in [2.75, 3.05) is 17.2 Å². The summed E-state index contributed by atoms with van der Waals surface area (Å²) in [5, 5.41) is 5.22. The van der Waals surface area contributed by atoms with E-state index in [-0.39, 0.29) is 12.4 Å². The lowest BCUT2D eigenvalue weighted by Gasteiger charge is -2.05. The molecule has 10 heteroatoms. The van der Waals surface area contributed by atoms with Gasteiger partial charge in [-0.1, -0.05) is 12.1 Å². The Labute approximate surface area is 169 Å². The van der Waals surface area contributed by atoms with Gasteiger partial charge in [-0.2, -0.15) is 4.39 Å². The molecule has 9 nitrogen and oxygen atoms in total. The molecular weight excluding hydrogens is 393 g/mol. The fourth-order valence-electron chi connectivity index (χ4n) is 2.76. The Morgan fingerprint density at radius 1 is 1.17 bits per heavy atom. The second-order valence-electron chi connectivity index (χ2n) is 6.16. The topological polar surface area (TPSA) is 122 Å². The number of rotatable bonds is 5. The number of H-pyrrole nitrogens is 1. The highest BCUT2D eigenvalue weighted by Crippen LogP contribution is 2.24. The molecule has 4 rings (SSSR count). The number of nitrogens with one attached hydrogen (secondary N) is 3. The Kier molecular flexibility index (Phi) is 5.12. The quantitative estimate of drug-likeness (QED) is 0.455. The van der Waals surface area contributed by atoms with Crippen LogP contribution < -0.4 is 10.6 Å². The van der Waals surface area contributed by atoms with Gasteiger partial charge in [-0.05, 0) is 31.2 Å². The number of amides is 2. The zero-order valence-electron chi connectivity index (χ0n) is 15.7. The number of halogens is 1. The van der Waals surface area contributed by atoms with E-state index < -0.39 is 18.0 Å². The van der Waals surface area contributed by atoms with Gasteiger partial charge in [0.05, 0.1) is 24.0 Å². The van der Waals surface area contributed by atoms with Crippen LogP contribution in [0.15, 0.2) is 53.1 Å². The molecule has 0 aliphatic carbocycles. The molecule has 3 heterocycles. The molecule has 0 bridgehead atoms. The smallest absolute Gasteiger partial charge is 0.411 e. The van der Waals surface area contributed by atoms with E-state index >= 15 is 0 Å². The van der Waals surface area contributed by atoms with Gasteiger partial charge in [0.15, 0.2) is 11.4 Å². The Bertz CT molecular complexity index is 1230. The van der Waals surface area contributed by atoms with Gasteiger partial charge in [-0.25, -0.2) is 14.8 Å². The molecule has 0 aliphatic rings. The van der Waals surface area contributed by atoms with Crippen molar-refractivity contribution in [1.82, 2.24) is 15.0 Å². The summed E-state index contributed by atoms with van der Waals surface area (Å²) < 4.78 is 22.5. The standard InChI is InChI=1S/C20H16FN5O4/c1-2-29-20(28)24-13-9-14-18(22-10-13)26-17(25-14)11-4-3-5-12(8-11)23-19(27)15-6-7-16(21)30-15/h3-10H,2H2,1H3,(H,23,27)(H,24,28)(H,22,25,26). The maximum atomic E-state index is 13.0. The number of carbonyl (C=O) groups is 2. The highest BCUT2D eigenvalue weighted by molar-refractivity contribution is 6.02. The van der Waals surface area contributed by atoms with Gasteiger partial charge in [0, 0.05) is 17.3 Å². The Balaban J connectivity index is 1.55. The summed E-state index contributed by atoms with van der Waals surface area (Å²) in [5.41, 5.74) is 2.70. The lowest BCUT2D eigenvalue weighted by atomic mass is 10.2. The monoisotopic (exact) mass is 409 g/mol. The van der Waals surface area contributed by atoms with Crippen LogP contribution in [0.3, 0.4) is 0 Å². The van der Waals surface area contributed by atoms with Crippen LogP contribution in [-0.2, 0) is 4.74 Å². The molecule has 0 radical (unpaired) electrons. The van der Waals surface area contributed by atoms with E-state index in [0.717, 1.165) is 6.07 Å². The third-order valence-electron chi connectivity index (χ3n) is 4.05. The minimum Gasteiger partial charge on any atom is -0.450 e. The number of imidazole rings is 1. The molecule has 0 atom stereocenters. The van der Waals surface area contributed by atoms with Crippen LogP contribution in [0, 0.1) is 6.01 Å². The normalized spacial score (nSPS) is 10.7. The first kappa shape index (κ1) is 19.1. The highest BCUT2D eigenvalue weighted by atomic mass is 19.1. The molecule has 0 saturated heterocycles. The minimum atomic E-state index is -0.833. The van der Waals surface area contributed by atoms with Crippen LogP contribution in [0.5, 0.6) is 0 Å². The largest absolute Gasteiger partial charge is 0.450 e. The number of anilines is 2. The van der Waals surface area contributed by atoms with Crippen molar-refractivity contribution in [3.63, 3.8) is 0 Å². The number of nitrogens with zero attached hydrogens (tertiary/aromatic N) is 2. The molecule has 152 valence electrons. The maximum Gasteiger partial charge on any atom is 0.411 e. The minimum absolute atomic E-state index is 0.132. The summed E-state index contributed by atoms with van der Waals surface area (Å²) in [7, 11) is 0. The first-order valence-electron chi connectivity index (χ1n) is 8.98. The van der Waals surface area contributed by atoms with Crippen molar-refractivity contribution in [3.8, 4) is 11.4 Å². The van der Waals surface area contributed by atoms with Crippen LogP contribution in [-0.4, -0.2) is 33.6 Å². The van der Waals surface area contributed by atoms with E-state index in [1.54, 1.807) is 37.3 Å². The van der Waals surface area contributed by atoms with Crippen molar-refractivity contribution in [2.45, 2.75) is 6.92 Å². The van der Waals surface area contributed by atoms with Crippen LogP contribution >= 0.6 is 0 Å². The average Bonchev–Trinajstić information content (AvgIpc) is 3.34. The van der Waals surface area contributed by atoms with Crippen molar-refractivity contribution in [1.29, 1.82) is 0 Å². The lowest BCUT2D eigenvalue weighted by Crippen LogP contribution is -2.13. The molecule has 30 heavy (non-hydrogen) atoms. The fraction of sp³-hybridized carbons (Fsp3) is 0.100. The summed E-state index contributed by atoms with van der Waals surface area (Å²) in [6.45, 7) is 1.98. The molecule has 0 saturated carbocycles. The van der Waals surface area contributed by atoms with Gasteiger partial charge in [0.25, 0.3) is 11.9 Å². The molecule has 0 unspecified atom stereocenters. The first-order chi connectivity index (χ1) is 14.5. The van der Waals surface area contributed by atoms with Gasteiger partial charge in [-0.3, -0.25) is 10.1 Å². The Morgan fingerprint density at radius 2 is 2.03 bits per heavy atom. The molecule has 0 aliphatic heterocycles. The van der Waals surface area contributed by atoms with Crippen LogP contribution in [0.25, 0.3) is 22.6 Å². The number of aromatic nitrogens is 3. The summed E-state index contributed by atoms with van der Waals surface area (Å²) in [5.74, 6) is -0.185. The number of furan rings is 1. The van der Waals surface area contributed by atoms with E-state index in [2.05, 4.69) is 30.0 Å². The number of carbonyl (C=O) groups excluding carboxylic acids is 2. The van der Waals surface area contributed by atoms with Crippen molar-refractivity contribution in [3.05, 3.63) is 60.4 Å². The fourth-order valence-corrected chi connectivity index (χ4v) is 2.76. The molecule has 0 fully saturated rings. The Morgan fingerprint density at radius 3 is 2.80 bits per heavy atom. The molecule has 2 amide bonds. The van der Waals surface area contributed by atoms with Crippen LogP contribution in [0.2, 0.25) is 0 Å². The van der Waals surface area contributed by atoms with E-state index in [1.807, 2.05) is 0 Å². The van der Waals surface area contributed by atoms with Crippen LogP contribution in [0.1, 0.15) is 17.5 Å². The predicted molar refractivity (Wildman–Crippen MR) is 107 cm³/mol. The number of fused-ring (bicyclic) bond motifs is 1. The second kappa shape index (κ2) is 8.03. The number of benzene rings is 1.